The van der Waals surface area contributed by atoms with Crippen LogP contribution in [0.15, 0.2) is 58.2 Å². The lowest BCUT2D eigenvalue weighted by Crippen LogP contribution is -2.16. The first kappa shape index (κ1) is 17.4. The van der Waals surface area contributed by atoms with Crippen molar-refractivity contribution in [2.24, 2.45) is 0 Å². The van der Waals surface area contributed by atoms with Gasteiger partial charge in [0, 0.05) is 23.2 Å². The van der Waals surface area contributed by atoms with Crippen molar-refractivity contribution >= 4 is 53.3 Å². The van der Waals surface area contributed by atoms with Gasteiger partial charge in [0.2, 0.25) is 5.56 Å². The number of benzene rings is 2. The second-order valence-corrected chi connectivity index (χ2v) is 9.01. The van der Waals surface area contributed by atoms with E-state index in [0.29, 0.717) is 26.3 Å². The Balaban J connectivity index is 1.72. The Bertz CT molecular complexity index is 1370. The first-order chi connectivity index (χ1) is 12.8. The normalized spacial score (nSPS) is 11.7. The molecule has 7 nitrogen and oxygen atoms in total. The fourth-order valence-electron chi connectivity index (χ4n) is 2.75. The third-order valence-corrected chi connectivity index (χ3v) is 6.05. The van der Waals surface area contributed by atoms with Gasteiger partial charge < -0.3 is 4.98 Å². The Morgan fingerprint density at radius 1 is 1.15 bits per heavy atom. The average Bonchev–Trinajstić information content (AvgIpc) is 3.01. The van der Waals surface area contributed by atoms with Gasteiger partial charge in [0.15, 0.2) is 15.0 Å². The number of hydrogen-bond donors (Lipinski definition) is 2. The Labute approximate surface area is 157 Å². The molecule has 2 aromatic heterocycles. The van der Waals surface area contributed by atoms with Crippen molar-refractivity contribution in [3.63, 3.8) is 0 Å². The number of fused-ring (bicyclic) bond motifs is 2. The lowest BCUT2D eigenvalue weighted by molar-refractivity contribution is 0.102. The van der Waals surface area contributed by atoms with Crippen LogP contribution in [0.1, 0.15) is 10.4 Å². The van der Waals surface area contributed by atoms with Crippen LogP contribution in [0.4, 0.5) is 5.13 Å². The van der Waals surface area contributed by atoms with Gasteiger partial charge in [-0.25, -0.2) is 13.4 Å². The summed E-state index contributed by atoms with van der Waals surface area (Å²) in [6.45, 7) is 0. The zero-order valence-corrected chi connectivity index (χ0v) is 15.6. The van der Waals surface area contributed by atoms with Crippen LogP contribution in [0.3, 0.4) is 0 Å². The Hall–Kier alpha value is -3.04. The summed E-state index contributed by atoms with van der Waals surface area (Å²) in [5.41, 5.74) is 1.02. The summed E-state index contributed by atoms with van der Waals surface area (Å²) in [7, 11) is -3.33. The van der Waals surface area contributed by atoms with Crippen molar-refractivity contribution in [1.82, 2.24) is 9.97 Å². The summed E-state index contributed by atoms with van der Waals surface area (Å²) < 4.78 is 24.0. The van der Waals surface area contributed by atoms with Crippen LogP contribution >= 0.6 is 11.3 Å². The predicted molar refractivity (Wildman–Crippen MR) is 105 cm³/mol. The number of aromatic amines is 1. The van der Waals surface area contributed by atoms with E-state index in [1.54, 1.807) is 30.3 Å². The van der Waals surface area contributed by atoms with Gasteiger partial charge in [0.25, 0.3) is 5.91 Å². The summed E-state index contributed by atoms with van der Waals surface area (Å²) >= 11 is 1.17. The fraction of sp³-hybridized carbons (Fsp3) is 0.0556. The van der Waals surface area contributed by atoms with Gasteiger partial charge in [-0.3, -0.25) is 14.9 Å². The van der Waals surface area contributed by atoms with E-state index in [1.807, 2.05) is 0 Å². The van der Waals surface area contributed by atoms with E-state index in [9.17, 15) is 18.0 Å². The number of sulfone groups is 1. The van der Waals surface area contributed by atoms with Gasteiger partial charge in [0.05, 0.1) is 20.7 Å². The predicted octanol–water partition coefficient (Wildman–Crippen LogP) is 2.79. The second kappa shape index (κ2) is 6.29. The molecule has 0 aliphatic carbocycles. The molecule has 2 N–H and O–H groups in total. The van der Waals surface area contributed by atoms with E-state index < -0.39 is 15.7 Å². The molecule has 0 saturated heterocycles. The number of nitrogens with zero attached hydrogens (tertiary/aromatic N) is 1. The first-order valence-electron chi connectivity index (χ1n) is 7.85. The highest BCUT2D eigenvalue weighted by atomic mass is 32.2. The van der Waals surface area contributed by atoms with E-state index >= 15 is 0 Å². The van der Waals surface area contributed by atoms with Crippen molar-refractivity contribution in [2.45, 2.75) is 4.90 Å². The zero-order valence-electron chi connectivity index (χ0n) is 14.0. The molecule has 0 fully saturated rings. The number of para-hydroxylation sites is 1. The minimum absolute atomic E-state index is 0.192. The lowest BCUT2D eigenvalue weighted by atomic mass is 10.1. The molecule has 1 amide bonds. The number of nitrogens with one attached hydrogen (secondary N) is 2. The summed E-state index contributed by atoms with van der Waals surface area (Å²) in [5.74, 6) is -0.459. The van der Waals surface area contributed by atoms with Crippen LogP contribution in [-0.4, -0.2) is 30.5 Å². The van der Waals surface area contributed by atoms with E-state index in [0.717, 1.165) is 6.26 Å². The second-order valence-electron chi connectivity index (χ2n) is 5.97. The van der Waals surface area contributed by atoms with Crippen molar-refractivity contribution in [3.8, 4) is 0 Å². The largest absolute Gasteiger partial charge is 0.322 e. The molecule has 27 heavy (non-hydrogen) atoms. The van der Waals surface area contributed by atoms with E-state index in [4.69, 9.17) is 0 Å². The number of H-pyrrole nitrogens is 1. The molecule has 4 rings (SSSR count). The average molecular weight is 399 g/mol. The van der Waals surface area contributed by atoms with Gasteiger partial charge in [-0.2, -0.15) is 0 Å². The maximum absolute atomic E-state index is 12.7. The van der Waals surface area contributed by atoms with Crippen molar-refractivity contribution < 1.29 is 13.2 Å². The smallest absolute Gasteiger partial charge is 0.258 e. The molecule has 0 aliphatic rings. The molecule has 0 bridgehead atoms. The van der Waals surface area contributed by atoms with Crippen LogP contribution in [0.2, 0.25) is 0 Å². The van der Waals surface area contributed by atoms with Gasteiger partial charge in [0.1, 0.15) is 0 Å². The highest BCUT2D eigenvalue weighted by Gasteiger charge is 2.15. The molecular weight excluding hydrogens is 386 g/mol. The highest BCUT2D eigenvalue weighted by Crippen LogP contribution is 2.28. The number of carbonyl (C=O) groups is 1. The van der Waals surface area contributed by atoms with E-state index in [1.165, 1.54) is 29.5 Å². The van der Waals surface area contributed by atoms with E-state index in [-0.39, 0.29) is 16.0 Å². The van der Waals surface area contributed by atoms with Gasteiger partial charge >= 0.3 is 0 Å². The van der Waals surface area contributed by atoms with Gasteiger partial charge in [-0.05, 0) is 24.3 Å². The standard InChI is InChI=1S/C18H13N3O4S2/c1-27(24,25)10-6-7-14-15(8-10)26-18(20-14)21-17(23)12-9-16(22)19-13-5-3-2-4-11(12)13/h2-9H,1H3,(H,19,22)(H,20,21,23). The SMILES string of the molecule is CS(=O)(=O)c1ccc2nc(NC(=O)c3cc(=O)[nH]c4ccccc34)sc2c1. The Kier molecular flexibility index (Phi) is 4.05. The molecular formula is C18H13N3O4S2. The highest BCUT2D eigenvalue weighted by molar-refractivity contribution is 7.90. The van der Waals surface area contributed by atoms with E-state index in [2.05, 4.69) is 15.3 Å². The number of aromatic nitrogens is 2. The summed E-state index contributed by atoms with van der Waals surface area (Å²) in [5, 5.41) is 3.64. The molecule has 0 atom stereocenters. The number of thiazole rings is 1. The molecule has 136 valence electrons. The maximum atomic E-state index is 12.7. The molecule has 9 heteroatoms. The number of pyridine rings is 1. The first-order valence-corrected chi connectivity index (χ1v) is 10.6. The minimum atomic E-state index is -3.33. The summed E-state index contributed by atoms with van der Waals surface area (Å²) in [6, 6.07) is 12.9. The molecule has 2 heterocycles. The minimum Gasteiger partial charge on any atom is -0.322 e. The van der Waals surface area contributed by atoms with Crippen LogP contribution < -0.4 is 10.9 Å². The van der Waals surface area contributed by atoms with Crippen molar-refractivity contribution in [2.75, 3.05) is 11.6 Å². The van der Waals surface area contributed by atoms with Crippen molar-refractivity contribution in [1.29, 1.82) is 0 Å². The van der Waals surface area contributed by atoms with Crippen LogP contribution in [0, 0.1) is 0 Å². The maximum Gasteiger partial charge on any atom is 0.258 e. The lowest BCUT2D eigenvalue weighted by Gasteiger charge is -2.05. The zero-order chi connectivity index (χ0) is 19.2. The third kappa shape index (κ3) is 3.34. The number of anilines is 1. The van der Waals surface area contributed by atoms with Crippen molar-refractivity contribution in [3.05, 3.63) is 64.4 Å². The van der Waals surface area contributed by atoms with Gasteiger partial charge in [-0.1, -0.05) is 29.5 Å². The number of carbonyl (C=O) groups excluding carboxylic acids is 1. The van der Waals surface area contributed by atoms with Crippen LogP contribution in [-0.2, 0) is 9.84 Å². The Morgan fingerprint density at radius 3 is 2.70 bits per heavy atom. The number of hydrogen-bond acceptors (Lipinski definition) is 6. The molecule has 0 aliphatic heterocycles. The molecule has 0 unspecified atom stereocenters. The summed E-state index contributed by atoms with van der Waals surface area (Å²) in [4.78, 5) is 31.7. The van der Waals surface area contributed by atoms with Crippen LogP contribution in [0.25, 0.3) is 21.1 Å². The monoisotopic (exact) mass is 399 g/mol. The number of amides is 1. The Morgan fingerprint density at radius 2 is 1.93 bits per heavy atom. The van der Waals surface area contributed by atoms with Crippen LogP contribution in [0.5, 0.6) is 0 Å². The quantitative estimate of drug-likeness (QED) is 0.551. The molecule has 2 aromatic carbocycles. The number of rotatable bonds is 3. The molecule has 0 spiro atoms. The fourth-order valence-corrected chi connectivity index (χ4v) is 4.37. The molecule has 4 aromatic rings. The topological polar surface area (TPSA) is 109 Å². The molecule has 0 radical (unpaired) electrons. The molecule has 0 saturated carbocycles. The summed E-state index contributed by atoms with van der Waals surface area (Å²) in [6.07, 6.45) is 1.13. The third-order valence-electron chi connectivity index (χ3n) is 4.00. The van der Waals surface area contributed by atoms with Gasteiger partial charge in [-0.15, -0.1) is 0 Å².